The van der Waals surface area contributed by atoms with Gasteiger partial charge in [0.25, 0.3) is 0 Å². The van der Waals surface area contributed by atoms with Crippen LogP contribution in [0.15, 0.2) is 27.0 Å². The summed E-state index contributed by atoms with van der Waals surface area (Å²) in [4.78, 5) is 23.8. The summed E-state index contributed by atoms with van der Waals surface area (Å²) in [6.07, 6.45) is 1.09. The number of ether oxygens (including phenoxy) is 4. The van der Waals surface area contributed by atoms with Crippen molar-refractivity contribution < 1.29 is 33.7 Å². The fourth-order valence-corrected chi connectivity index (χ4v) is 2.65. The maximum atomic E-state index is 12.3. The van der Waals surface area contributed by atoms with Crippen LogP contribution < -0.4 is 0 Å². The molecule has 0 heterocycles. The van der Waals surface area contributed by atoms with Crippen molar-refractivity contribution in [3.63, 3.8) is 0 Å². The number of hydrogen-bond donors (Lipinski definition) is 1. The van der Waals surface area contributed by atoms with E-state index in [1.807, 2.05) is 0 Å². The number of hydrogen-bond acceptors (Lipinski definition) is 8. The molecule has 0 spiro atoms. The molecule has 8 nitrogen and oxygen atoms in total. The minimum absolute atomic E-state index is 0.0818. The Kier molecular flexibility index (Phi) is 6.27. The SMILES string of the molecule is COC(=O)/C(CC1=CC(OC)(OC)C(OC)=C(Br)C1=O)=N\O. The van der Waals surface area contributed by atoms with Crippen LogP contribution in [-0.4, -0.2) is 56.9 Å². The molecule has 0 saturated carbocycles. The van der Waals surface area contributed by atoms with Crippen molar-refractivity contribution in [1.29, 1.82) is 0 Å². The second kappa shape index (κ2) is 7.52. The molecule has 0 amide bonds. The van der Waals surface area contributed by atoms with E-state index in [1.165, 1.54) is 27.4 Å². The first-order valence-corrected chi connectivity index (χ1v) is 6.80. The monoisotopic (exact) mass is 377 g/mol. The van der Waals surface area contributed by atoms with Crippen LogP contribution >= 0.6 is 15.9 Å². The highest BCUT2D eigenvalue weighted by atomic mass is 79.9. The number of halogens is 1. The molecule has 0 aromatic heterocycles. The molecule has 1 N–H and O–H groups in total. The van der Waals surface area contributed by atoms with Crippen LogP contribution in [-0.2, 0) is 28.5 Å². The van der Waals surface area contributed by atoms with Crippen LogP contribution in [0.2, 0.25) is 0 Å². The predicted octanol–water partition coefficient (Wildman–Crippen LogP) is 1.13. The van der Waals surface area contributed by atoms with Gasteiger partial charge in [-0.1, -0.05) is 5.16 Å². The Morgan fingerprint density at radius 1 is 1.32 bits per heavy atom. The Morgan fingerprint density at radius 2 is 1.91 bits per heavy atom. The smallest absolute Gasteiger partial charge is 0.356 e. The zero-order valence-corrected chi connectivity index (χ0v) is 14.1. The Morgan fingerprint density at radius 3 is 2.32 bits per heavy atom. The zero-order valence-electron chi connectivity index (χ0n) is 12.5. The van der Waals surface area contributed by atoms with Crippen LogP contribution in [0.1, 0.15) is 6.42 Å². The summed E-state index contributed by atoms with van der Waals surface area (Å²) in [5.41, 5.74) is -0.209. The van der Waals surface area contributed by atoms with Crippen molar-refractivity contribution in [3.05, 3.63) is 21.9 Å². The topological polar surface area (TPSA) is 104 Å². The second-order valence-corrected chi connectivity index (χ2v) is 4.93. The lowest BCUT2D eigenvalue weighted by molar-refractivity contribution is -0.168. The molecule has 0 aliphatic heterocycles. The molecular formula is C13H16BrNO7. The molecule has 0 bridgehead atoms. The average Bonchev–Trinajstić information content (AvgIpc) is 2.55. The van der Waals surface area contributed by atoms with Gasteiger partial charge in [-0.2, -0.15) is 0 Å². The van der Waals surface area contributed by atoms with E-state index in [9.17, 15) is 9.59 Å². The van der Waals surface area contributed by atoms with Gasteiger partial charge in [0.2, 0.25) is 5.79 Å². The fraction of sp³-hybridized carbons (Fsp3) is 0.462. The minimum Gasteiger partial charge on any atom is -0.494 e. The molecule has 0 unspecified atom stereocenters. The number of carbonyl (C=O) groups is 2. The third-order valence-corrected chi connectivity index (χ3v) is 3.80. The van der Waals surface area contributed by atoms with Gasteiger partial charge in [0.05, 0.1) is 14.2 Å². The van der Waals surface area contributed by atoms with Gasteiger partial charge in [0.1, 0.15) is 4.48 Å². The summed E-state index contributed by atoms with van der Waals surface area (Å²) in [6.45, 7) is 0. The summed E-state index contributed by atoms with van der Waals surface area (Å²) in [5.74, 6) is -2.61. The molecule has 0 aromatic carbocycles. The lowest BCUT2D eigenvalue weighted by atomic mass is 9.94. The standard InChI is InChI=1S/C13H16BrNO7/c1-19-11-9(14)10(16)7(6-13(11,21-3)22-4)5-8(15-18)12(17)20-2/h6,18H,5H2,1-4H3/b15-8-. The van der Waals surface area contributed by atoms with E-state index in [0.29, 0.717) is 0 Å². The first kappa shape index (κ1) is 18.3. The number of Topliss-reactive ketones (excluding diaryl/α,β-unsaturated/α-hetero) is 1. The molecule has 0 aromatic rings. The average molecular weight is 378 g/mol. The zero-order chi connectivity index (χ0) is 16.9. The van der Waals surface area contributed by atoms with Crippen LogP contribution in [0, 0.1) is 0 Å². The first-order chi connectivity index (χ1) is 10.4. The second-order valence-electron chi connectivity index (χ2n) is 4.14. The van der Waals surface area contributed by atoms with Crippen LogP contribution in [0.3, 0.4) is 0 Å². The number of esters is 1. The Bertz CT molecular complexity index is 561. The molecule has 0 radical (unpaired) electrons. The summed E-state index contributed by atoms with van der Waals surface area (Å²) in [5, 5.41) is 11.7. The maximum Gasteiger partial charge on any atom is 0.356 e. The van der Waals surface area contributed by atoms with Crippen molar-refractivity contribution in [2.75, 3.05) is 28.4 Å². The van der Waals surface area contributed by atoms with Crippen molar-refractivity contribution >= 4 is 33.4 Å². The Labute approximate surface area is 135 Å². The van der Waals surface area contributed by atoms with Crippen molar-refractivity contribution in [3.8, 4) is 0 Å². The van der Waals surface area contributed by atoms with E-state index in [2.05, 4.69) is 25.8 Å². The van der Waals surface area contributed by atoms with Crippen molar-refractivity contribution in [2.45, 2.75) is 12.2 Å². The van der Waals surface area contributed by atoms with E-state index < -0.39 is 17.5 Å². The lowest BCUT2D eigenvalue weighted by Gasteiger charge is -2.33. The molecule has 0 atom stereocenters. The number of methoxy groups -OCH3 is 4. The molecule has 1 rings (SSSR count). The number of rotatable bonds is 6. The number of nitrogens with zero attached hydrogens (tertiary/aromatic N) is 1. The number of carbonyl (C=O) groups excluding carboxylic acids is 2. The van der Waals surface area contributed by atoms with Gasteiger partial charge in [0.15, 0.2) is 17.3 Å². The van der Waals surface area contributed by atoms with E-state index in [0.717, 1.165) is 7.11 Å². The molecule has 1 aliphatic carbocycles. The molecule has 1 aliphatic rings. The van der Waals surface area contributed by atoms with Gasteiger partial charge in [0, 0.05) is 26.2 Å². The van der Waals surface area contributed by atoms with Crippen LogP contribution in [0.4, 0.5) is 0 Å². The summed E-state index contributed by atoms with van der Waals surface area (Å²) in [6, 6.07) is 0. The maximum absolute atomic E-state index is 12.3. The predicted molar refractivity (Wildman–Crippen MR) is 78.7 cm³/mol. The molecule has 122 valence electrons. The van der Waals surface area contributed by atoms with E-state index in [1.54, 1.807) is 0 Å². The molecule has 0 fully saturated rings. The van der Waals surface area contributed by atoms with Crippen molar-refractivity contribution in [1.82, 2.24) is 0 Å². The fourth-order valence-electron chi connectivity index (χ4n) is 1.95. The highest BCUT2D eigenvalue weighted by Gasteiger charge is 2.43. The summed E-state index contributed by atoms with van der Waals surface area (Å²) in [7, 11) is 5.24. The van der Waals surface area contributed by atoms with E-state index in [4.69, 9.17) is 19.4 Å². The third-order valence-electron chi connectivity index (χ3n) is 3.08. The van der Waals surface area contributed by atoms with Gasteiger partial charge < -0.3 is 24.2 Å². The summed E-state index contributed by atoms with van der Waals surface area (Å²) >= 11 is 3.13. The van der Waals surface area contributed by atoms with Gasteiger partial charge in [-0.05, 0) is 22.0 Å². The van der Waals surface area contributed by atoms with Gasteiger partial charge in [-0.15, -0.1) is 0 Å². The number of allylic oxidation sites excluding steroid dienone is 2. The van der Waals surface area contributed by atoms with Gasteiger partial charge >= 0.3 is 5.97 Å². The van der Waals surface area contributed by atoms with Crippen LogP contribution in [0.25, 0.3) is 0 Å². The quantitative estimate of drug-likeness (QED) is 0.243. The molecule has 9 heteroatoms. The van der Waals surface area contributed by atoms with Crippen molar-refractivity contribution in [2.24, 2.45) is 5.16 Å². The van der Waals surface area contributed by atoms with Gasteiger partial charge in [-0.3, -0.25) is 4.79 Å². The number of oxime groups is 1. The van der Waals surface area contributed by atoms with E-state index >= 15 is 0 Å². The van der Waals surface area contributed by atoms with E-state index in [-0.39, 0.29) is 27.9 Å². The Balaban J connectivity index is 3.29. The minimum atomic E-state index is -1.44. The molecule has 0 saturated heterocycles. The Hall–Kier alpha value is -1.71. The van der Waals surface area contributed by atoms with Gasteiger partial charge in [-0.25, -0.2) is 4.79 Å². The highest BCUT2D eigenvalue weighted by molar-refractivity contribution is 9.12. The molecule has 22 heavy (non-hydrogen) atoms. The third kappa shape index (κ3) is 3.21. The summed E-state index contributed by atoms with van der Waals surface area (Å²) < 4.78 is 20.3. The lowest BCUT2D eigenvalue weighted by Crippen LogP contribution is -2.40. The highest BCUT2D eigenvalue weighted by Crippen LogP contribution is 2.37. The van der Waals surface area contributed by atoms with Crippen LogP contribution in [0.5, 0.6) is 0 Å². The number of ketones is 1. The first-order valence-electron chi connectivity index (χ1n) is 6.00. The normalized spacial score (nSPS) is 18.1. The molecular weight excluding hydrogens is 362 g/mol. The largest absolute Gasteiger partial charge is 0.494 e.